The number of rotatable bonds is 0. The van der Waals surface area contributed by atoms with Crippen molar-refractivity contribution < 1.29 is 0 Å². The van der Waals surface area contributed by atoms with Crippen LogP contribution in [0.3, 0.4) is 0 Å². The molecule has 1 rings (SSSR count). The van der Waals surface area contributed by atoms with Crippen molar-refractivity contribution in [1.29, 1.82) is 0 Å². The minimum Gasteiger partial charge on any atom is -0.402 e. The molecule has 0 spiro atoms. The molecule has 2 nitrogen and oxygen atoms in total. The lowest BCUT2D eigenvalue weighted by atomic mass is 10.1. The van der Waals surface area contributed by atoms with E-state index in [1.807, 2.05) is 12.2 Å². The third kappa shape index (κ3) is 1.03. The Balaban J connectivity index is 2.65. The molecule has 0 saturated carbocycles. The molecule has 0 aromatic rings. The van der Waals surface area contributed by atoms with E-state index >= 15 is 0 Å². The first-order valence-electron chi connectivity index (χ1n) is 2.70. The second kappa shape index (κ2) is 1.90. The van der Waals surface area contributed by atoms with Crippen LogP contribution in [0.15, 0.2) is 23.5 Å². The molecular formula is C6H10N2. The summed E-state index contributed by atoms with van der Waals surface area (Å²) in [5, 5.41) is 0. The smallest absolute Gasteiger partial charge is 0.00849 e. The normalized spacial score (nSPS) is 19.5. The van der Waals surface area contributed by atoms with Crippen molar-refractivity contribution in [3.8, 4) is 0 Å². The Morgan fingerprint density at radius 2 is 1.38 bits per heavy atom. The van der Waals surface area contributed by atoms with E-state index in [1.54, 1.807) is 0 Å². The van der Waals surface area contributed by atoms with E-state index in [0.717, 1.165) is 24.2 Å². The molecule has 44 valence electrons. The highest BCUT2D eigenvalue weighted by molar-refractivity contribution is 5.19. The maximum atomic E-state index is 5.46. The molecule has 0 bridgehead atoms. The Labute approximate surface area is 48.9 Å². The van der Waals surface area contributed by atoms with Gasteiger partial charge in [0.05, 0.1) is 0 Å². The molecule has 0 aromatic heterocycles. The third-order valence-corrected chi connectivity index (χ3v) is 1.21. The quantitative estimate of drug-likeness (QED) is 0.476. The fourth-order valence-corrected chi connectivity index (χ4v) is 0.669. The van der Waals surface area contributed by atoms with Crippen LogP contribution in [0.4, 0.5) is 0 Å². The second-order valence-electron chi connectivity index (χ2n) is 1.98. The van der Waals surface area contributed by atoms with Gasteiger partial charge in [-0.25, -0.2) is 0 Å². The van der Waals surface area contributed by atoms with Crippen LogP contribution in [0.25, 0.3) is 0 Å². The van der Waals surface area contributed by atoms with Gasteiger partial charge in [-0.15, -0.1) is 0 Å². The van der Waals surface area contributed by atoms with Crippen molar-refractivity contribution in [2.45, 2.75) is 12.8 Å². The summed E-state index contributed by atoms with van der Waals surface area (Å²) < 4.78 is 0. The van der Waals surface area contributed by atoms with Crippen molar-refractivity contribution in [2.24, 2.45) is 11.5 Å². The van der Waals surface area contributed by atoms with Crippen molar-refractivity contribution in [3.05, 3.63) is 23.5 Å². The Kier molecular flexibility index (Phi) is 1.24. The lowest BCUT2D eigenvalue weighted by Gasteiger charge is -2.05. The maximum Gasteiger partial charge on any atom is 0.00849 e. The number of hydrogen-bond donors (Lipinski definition) is 2. The van der Waals surface area contributed by atoms with Gasteiger partial charge in [0.1, 0.15) is 0 Å². The maximum absolute atomic E-state index is 5.46. The van der Waals surface area contributed by atoms with E-state index in [2.05, 4.69) is 0 Å². The molecule has 0 saturated heterocycles. The van der Waals surface area contributed by atoms with E-state index in [0.29, 0.717) is 0 Å². The molecule has 0 aromatic carbocycles. The van der Waals surface area contributed by atoms with Crippen molar-refractivity contribution >= 4 is 0 Å². The van der Waals surface area contributed by atoms with E-state index in [9.17, 15) is 0 Å². The lowest BCUT2D eigenvalue weighted by molar-refractivity contribution is 0.880. The van der Waals surface area contributed by atoms with Crippen LogP contribution < -0.4 is 11.5 Å². The van der Waals surface area contributed by atoms with Crippen molar-refractivity contribution in [1.82, 2.24) is 0 Å². The summed E-state index contributed by atoms with van der Waals surface area (Å²) in [5.41, 5.74) is 12.8. The van der Waals surface area contributed by atoms with Gasteiger partial charge in [0.2, 0.25) is 0 Å². The van der Waals surface area contributed by atoms with Crippen LogP contribution in [0.5, 0.6) is 0 Å². The molecule has 0 unspecified atom stereocenters. The molecule has 4 N–H and O–H groups in total. The molecule has 0 radical (unpaired) electrons. The van der Waals surface area contributed by atoms with Crippen LogP contribution in [0.1, 0.15) is 12.8 Å². The fraction of sp³-hybridized carbons (Fsp3) is 0.333. The predicted octanol–water partition coefficient (Wildman–Crippen LogP) is 0.465. The van der Waals surface area contributed by atoms with Crippen LogP contribution in [-0.4, -0.2) is 0 Å². The third-order valence-electron chi connectivity index (χ3n) is 1.21. The van der Waals surface area contributed by atoms with Gasteiger partial charge in [0, 0.05) is 11.4 Å². The average molecular weight is 110 g/mol. The summed E-state index contributed by atoms with van der Waals surface area (Å²) in [4.78, 5) is 0. The first-order chi connectivity index (χ1) is 3.79. The number of allylic oxidation sites excluding steroid dienone is 4. The zero-order chi connectivity index (χ0) is 5.98. The minimum absolute atomic E-state index is 0.919. The highest BCUT2D eigenvalue weighted by atomic mass is 14.6. The van der Waals surface area contributed by atoms with E-state index < -0.39 is 0 Å². The highest BCUT2D eigenvalue weighted by Crippen LogP contribution is 2.09. The predicted molar refractivity (Wildman–Crippen MR) is 33.8 cm³/mol. The Bertz CT molecular complexity index is 127. The van der Waals surface area contributed by atoms with E-state index in [-0.39, 0.29) is 0 Å². The van der Waals surface area contributed by atoms with Crippen molar-refractivity contribution in [3.63, 3.8) is 0 Å². The SMILES string of the molecule is NC1=CC=C(N)CC1. The Hall–Kier alpha value is -0.920. The molecule has 2 heteroatoms. The van der Waals surface area contributed by atoms with Gasteiger partial charge < -0.3 is 11.5 Å². The summed E-state index contributed by atoms with van der Waals surface area (Å²) in [6.07, 6.45) is 5.56. The Morgan fingerprint density at radius 3 is 1.62 bits per heavy atom. The van der Waals surface area contributed by atoms with Crippen LogP contribution in [0, 0.1) is 0 Å². The highest BCUT2D eigenvalue weighted by Gasteiger charge is 1.97. The molecule has 1 aliphatic carbocycles. The van der Waals surface area contributed by atoms with Crippen LogP contribution in [-0.2, 0) is 0 Å². The molecule has 0 fully saturated rings. The van der Waals surface area contributed by atoms with Gasteiger partial charge in [-0.2, -0.15) is 0 Å². The first-order valence-corrected chi connectivity index (χ1v) is 2.70. The van der Waals surface area contributed by atoms with Crippen molar-refractivity contribution in [2.75, 3.05) is 0 Å². The zero-order valence-corrected chi connectivity index (χ0v) is 4.72. The summed E-state index contributed by atoms with van der Waals surface area (Å²) in [5.74, 6) is 0. The largest absolute Gasteiger partial charge is 0.402 e. The van der Waals surface area contributed by atoms with Gasteiger partial charge >= 0.3 is 0 Å². The Morgan fingerprint density at radius 1 is 1.00 bits per heavy atom. The van der Waals surface area contributed by atoms with Gasteiger partial charge in [0.25, 0.3) is 0 Å². The monoisotopic (exact) mass is 110 g/mol. The number of nitrogens with two attached hydrogens (primary N) is 2. The summed E-state index contributed by atoms with van der Waals surface area (Å²) in [6, 6.07) is 0. The fourth-order valence-electron chi connectivity index (χ4n) is 0.669. The summed E-state index contributed by atoms with van der Waals surface area (Å²) >= 11 is 0. The molecular weight excluding hydrogens is 100 g/mol. The number of hydrogen-bond acceptors (Lipinski definition) is 2. The van der Waals surface area contributed by atoms with E-state index in [1.165, 1.54) is 0 Å². The molecule has 0 atom stereocenters. The van der Waals surface area contributed by atoms with Gasteiger partial charge in [-0.05, 0) is 25.0 Å². The van der Waals surface area contributed by atoms with Crippen LogP contribution in [0.2, 0.25) is 0 Å². The second-order valence-corrected chi connectivity index (χ2v) is 1.98. The van der Waals surface area contributed by atoms with Gasteiger partial charge in [-0.1, -0.05) is 0 Å². The zero-order valence-electron chi connectivity index (χ0n) is 4.72. The summed E-state index contributed by atoms with van der Waals surface area (Å²) in [6.45, 7) is 0. The molecule has 0 aliphatic heterocycles. The molecule has 0 heterocycles. The van der Waals surface area contributed by atoms with Gasteiger partial charge in [0.15, 0.2) is 0 Å². The van der Waals surface area contributed by atoms with Crippen LogP contribution >= 0.6 is 0 Å². The first kappa shape index (κ1) is 5.22. The molecule has 0 amide bonds. The molecule has 1 aliphatic rings. The lowest BCUT2D eigenvalue weighted by Crippen LogP contribution is -2.05. The van der Waals surface area contributed by atoms with E-state index in [4.69, 9.17) is 11.5 Å². The summed E-state index contributed by atoms with van der Waals surface area (Å²) in [7, 11) is 0. The van der Waals surface area contributed by atoms with Gasteiger partial charge in [-0.3, -0.25) is 0 Å². The minimum atomic E-state index is 0.919. The molecule has 8 heavy (non-hydrogen) atoms. The average Bonchev–Trinajstić information content (AvgIpc) is 1.77. The standard InChI is InChI=1S/C6H10N2/c7-5-1-2-6(8)4-3-5/h1-2H,3-4,7-8H2. The topological polar surface area (TPSA) is 52.0 Å².